The molecule has 0 spiro atoms. The number of aliphatic hydroxyl groups is 1. The first-order chi connectivity index (χ1) is 9.13. The van der Waals surface area contributed by atoms with Crippen molar-refractivity contribution < 1.29 is 22.3 Å². The van der Waals surface area contributed by atoms with E-state index in [1.54, 1.807) is 4.90 Å². The van der Waals surface area contributed by atoms with Crippen molar-refractivity contribution >= 4 is 10.2 Å². The molecule has 0 saturated carbocycles. The highest BCUT2D eigenvalue weighted by atomic mass is 32.2. The second-order valence-corrected chi connectivity index (χ2v) is 7.78. The molecule has 0 bridgehead atoms. The van der Waals surface area contributed by atoms with Gasteiger partial charge in [-0.15, -0.1) is 0 Å². The third-order valence-corrected chi connectivity index (χ3v) is 5.89. The zero-order valence-corrected chi connectivity index (χ0v) is 12.5. The van der Waals surface area contributed by atoms with Gasteiger partial charge in [0.25, 0.3) is 16.1 Å². The first-order valence-corrected chi connectivity index (χ1v) is 8.01. The van der Waals surface area contributed by atoms with Crippen molar-refractivity contribution in [3.8, 4) is 0 Å². The molecule has 118 valence electrons. The Morgan fingerprint density at radius 3 is 2.25 bits per heavy atom. The van der Waals surface area contributed by atoms with Crippen LogP contribution in [0.1, 0.15) is 12.8 Å². The molecule has 0 aromatic carbocycles. The van der Waals surface area contributed by atoms with Crippen molar-refractivity contribution in [2.24, 2.45) is 0 Å². The van der Waals surface area contributed by atoms with Crippen LogP contribution >= 0.6 is 0 Å². The van der Waals surface area contributed by atoms with Crippen LogP contribution in [0.3, 0.4) is 0 Å². The van der Waals surface area contributed by atoms with Crippen molar-refractivity contribution in [2.45, 2.75) is 30.9 Å². The fourth-order valence-electron chi connectivity index (χ4n) is 2.70. The van der Waals surface area contributed by atoms with E-state index in [1.165, 1.54) is 18.4 Å². The summed E-state index contributed by atoms with van der Waals surface area (Å²) in [5.41, 5.74) is 0. The number of aliphatic hydroxyl groups excluding tert-OH is 1. The van der Waals surface area contributed by atoms with Gasteiger partial charge < -0.3 is 5.11 Å². The number of alkyl halides is 2. The second kappa shape index (κ2) is 5.45. The summed E-state index contributed by atoms with van der Waals surface area (Å²) in [7, 11) is -0.718. The highest BCUT2D eigenvalue weighted by Crippen LogP contribution is 2.31. The lowest BCUT2D eigenvalue weighted by atomic mass is 10.0. The SMILES string of the molecule is CN(C)S(=O)(=O)N1C[C@@H](O)[C@H](N2CCC(F)(F)CC2)C1. The predicted octanol–water partition coefficient (Wildman–Crippen LogP) is -0.431. The number of hydrogen-bond acceptors (Lipinski definition) is 4. The van der Waals surface area contributed by atoms with E-state index in [-0.39, 0.29) is 39.0 Å². The molecule has 20 heavy (non-hydrogen) atoms. The lowest BCUT2D eigenvalue weighted by molar-refractivity contribution is -0.0697. The quantitative estimate of drug-likeness (QED) is 0.768. The van der Waals surface area contributed by atoms with E-state index in [0.717, 1.165) is 4.31 Å². The molecule has 0 aromatic rings. The van der Waals surface area contributed by atoms with Crippen LogP contribution in [-0.2, 0) is 10.2 Å². The summed E-state index contributed by atoms with van der Waals surface area (Å²) in [6.07, 6.45) is -1.32. The number of piperidine rings is 1. The Morgan fingerprint density at radius 2 is 1.75 bits per heavy atom. The summed E-state index contributed by atoms with van der Waals surface area (Å²) in [4.78, 5) is 1.77. The van der Waals surface area contributed by atoms with Crippen LogP contribution in [-0.4, -0.2) is 85.4 Å². The number of halogens is 2. The van der Waals surface area contributed by atoms with Gasteiger partial charge in [0, 0.05) is 53.1 Å². The van der Waals surface area contributed by atoms with Gasteiger partial charge in [0.2, 0.25) is 0 Å². The number of hydrogen-bond donors (Lipinski definition) is 1. The number of nitrogens with zero attached hydrogens (tertiary/aromatic N) is 3. The predicted molar refractivity (Wildman–Crippen MR) is 69.7 cm³/mol. The Labute approximate surface area is 118 Å². The van der Waals surface area contributed by atoms with Crippen molar-refractivity contribution in [1.82, 2.24) is 13.5 Å². The Morgan fingerprint density at radius 1 is 1.20 bits per heavy atom. The van der Waals surface area contributed by atoms with E-state index >= 15 is 0 Å². The van der Waals surface area contributed by atoms with Crippen LogP contribution in [0.15, 0.2) is 0 Å². The minimum absolute atomic E-state index is 0.0120. The second-order valence-electron chi connectivity index (χ2n) is 5.63. The van der Waals surface area contributed by atoms with Gasteiger partial charge in [-0.1, -0.05) is 0 Å². The molecular formula is C11H21F2N3O3S. The molecule has 0 aliphatic carbocycles. The average molecular weight is 313 g/mol. The third-order valence-electron chi connectivity index (χ3n) is 4.01. The molecule has 0 amide bonds. The van der Waals surface area contributed by atoms with Crippen molar-refractivity contribution in [2.75, 3.05) is 40.3 Å². The van der Waals surface area contributed by atoms with Crippen LogP contribution in [0.25, 0.3) is 0 Å². The summed E-state index contributed by atoms with van der Waals surface area (Å²) < 4.78 is 52.6. The monoisotopic (exact) mass is 313 g/mol. The number of β-amino-alcohol motifs (C(OH)–C–C–N with tert-alkyl or cyclic N) is 1. The molecule has 1 N–H and O–H groups in total. The number of likely N-dealkylation sites (tertiary alicyclic amines) is 1. The zero-order chi connectivity index (χ0) is 15.1. The number of rotatable bonds is 3. The zero-order valence-electron chi connectivity index (χ0n) is 11.7. The van der Waals surface area contributed by atoms with Crippen molar-refractivity contribution in [1.29, 1.82) is 0 Å². The molecular weight excluding hydrogens is 292 g/mol. The maximum atomic E-state index is 13.1. The van der Waals surface area contributed by atoms with E-state index in [9.17, 15) is 22.3 Å². The summed E-state index contributed by atoms with van der Waals surface area (Å²) in [5, 5.41) is 10.0. The van der Waals surface area contributed by atoms with Gasteiger partial charge in [-0.05, 0) is 0 Å². The summed E-state index contributed by atoms with van der Waals surface area (Å²) >= 11 is 0. The van der Waals surface area contributed by atoms with Gasteiger partial charge >= 0.3 is 0 Å². The molecule has 0 aromatic heterocycles. The molecule has 2 aliphatic rings. The van der Waals surface area contributed by atoms with Crippen LogP contribution in [0.5, 0.6) is 0 Å². The third kappa shape index (κ3) is 3.11. The first kappa shape index (κ1) is 16.0. The molecule has 9 heteroatoms. The minimum Gasteiger partial charge on any atom is -0.390 e. The van der Waals surface area contributed by atoms with Crippen molar-refractivity contribution in [3.05, 3.63) is 0 Å². The minimum atomic E-state index is -3.57. The standard InChI is InChI=1S/C11H21F2N3O3S/c1-14(2)20(18,19)16-7-9(10(17)8-16)15-5-3-11(12,13)4-6-15/h9-10,17H,3-8H2,1-2H3/t9-,10-/m1/s1. The highest BCUT2D eigenvalue weighted by Gasteiger charge is 2.44. The molecule has 0 unspecified atom stereocenters. The van der Waals surface area contributed by atoms with E-state index < -0.39 is 28.3 Å². The van der Waals surface area contributed by atoms with E-state index in [1.807, 2.05) is 0 Å². The van der Waals surface area contributed by atoms with Crippen LogP contribution in [0, 0.1) is 0 Å². The van der Waals surface area contributed by atoms with E-state index in [2.05, 4.69) is 0 Å². The molecule has 2 aliphatic heterocycles. The van der Waals surface area contributed by atoms with Crippen LogP contribution in [0.4, 0.5) is 8.78 Å². The Kier molecular flexibility index (Phi) is 4.37. The summed E-state index contributed by atoms with van der Waals surface area (Å²) in [6.45, 7) is 0.528. The first-order valence-electron chi connectivity index (χ1n) is 6.61. The molecule has 2 saturated heterocycles. The van der Waals surface area contributed by atoms with E-state index in [4.69, 9.17) is 0 Å². The Bertz CT molecular complexity index is 448. The molecule has 2 fully saturated rings. The lowest BCUT2D eigenvalue weighted by Crippen LogP contribution is -2.50. The lowest BCUT2D eigenvalue weighted by Gasteiger charge is -2.36. The average Bonchev–Trinajstić information content (AvgIpc) is 2.72. The van der Waals surface area contributed by atoms with Gasteiger partial charge in [-0.25, -0.2) is 8.78 Å². The molecule has 2 rings (SSSR count). The summed E-state index contributed by atoms with van der Waals surface area (Å²) in [6, 6.07) is -0.402. The van der Waals surface area contributed by atoms with Gasteiger partial charge in [-0.3, -0.25) is 4.90 Å². The topological polar surface area (TPSA) is 64.1 Å². The van der Waals surface area contributed by atoms with Gasteiger partial charge in [-0.2, -0.15) is 17.0 Å². The molecule has 2 atom stereocenters. The summed E-state index contributed by atoms with van der Waals surface area (Å²) in [5.74, 6) is -2.64. The molecule has 2 heterocycles. The maximum absolute atomic E-state index is 13.1. The van der Waals surface area contributed by atoms with Crippen LogP contribution in [0.2, 0.25) is 0 Å². The van der Waals surface area contributed by atoms with Gasteiger partial charge in [0.15, 0.2) is 0 Å². The van der Waals surface area contributed by atoms with Crippen molar-refractivity contribution in [3.63, 3.8) is 0 Å². The van der Waals surface area contributed by atoms with Gasteiger partial charge in [0.1, 0.15) is 0 Å². The van der Waals surface area contributed by atoms with Crippen LogP contribution < -0.4 is 0 Å². The highest BCUT2D eigenvalue weighted by molar-refractivity contribution is 7.86. The van der Waals surface area contributed by atoms with Gasteiger partial charge in [0.05, 0.1) is 12.1 Å². The normalized spacial score (nSPS) is 32.9. The molecule has 6 nitrogen and oxygen atoms in total. The fraction of sp³-hybridized carbons (Fsp3) is 1.00. The Hall–Kier alpha value is -0.350. The Balaban J connectivity index is 2.02. The smallest absolute Gasteiger partial charge is 0.281 e. The van der Waals surface area contributed by atoms with E-state index in [0.29, 0.717) is 0 Å². The maximum Gasteiger partial charge on any atom is 0.281 e. The molecule has 0 radical (unpaired) electrons. The fourth-order valence-corrected chi connectivity index (χ4v) is 3.84. The largest absolute Gasteiger partial charge is 0.390 e.